The molecule has 1 unspecified atom stereocenters. The molecule has 21 heavy (non-hydrogen) atoms. The van der Waals surface area contributed by atoms with E-state index in [2.05, 4.69) is 4.90 Å². The van der Waals surface area contributed by atoms with Gasteiger partial charge in [-0.3, -0.25) is 0 Å². The zero-order chi connectivity index (χ0) is 15.4. The molecule has 0 aliphatic carbocycles. The van der Waals surface area contributed by atoms with Gasteiger partial charge in [0.15, 0.2) is 0 Å². The lowest BCUT2D eigenvalue weighted by Gasteiger charge is -2.30. The lowest BCUT2D eigenvalue weighted by molar-refractivity contribution is 0.415. The highest BCUT2D eigenvalue weighted by Gasteiger charge is 2.19. The molecule has 0 aromatic heterocycles. The Hall–Kier alpha value is -1.42. The molecule has 0 amide bonds. The number of nitrogens with zero attached hydrogens (tertiary/aromatic N) is 1. The van der Waals surface area contributed by atoms with Crippen molar-refractivity contribution in [3.63, 3.8) is 0 Å². The van der Waals surface area contributed by atoms with Gasteiger partial charge in [0.2, 0.25) is 0 Å². The summed E-state index contributed by atoms with van der Waals surface area (Å²) in [5.74, 6) is 0.817. The van der Waals surface area contributed by atoms with E-state index in [4.69, 9.17) is 33.7 Å². The maximum Gasteiger partial charge on any atom is 0.119 e. The average molecular weight is 325 g/mol. The Morgan fingerprint density at radius 3 is 2.38 bits per heavy atom. The van der Waals surface area contributed by atoms with E-state index in [0.29, 0.717) is 16.6 Å². The standard InChI is InChI=1S/C16H18Cl2N2O/c1-20(12-4-6-13(21-2)7-5-12)16(10-19)14-9-11(17)3-8-15(14)18/h3-9,16H,10,19H2,1-2H3. The van der Waals surface area contributed by atoms with Gasteiger partial charge in [-0.05, 0) is 48.0 Å². The monoisotopic (exact) mass is 324 g/mol. The van der Waals surface area contributed by atoms with E-state index in [1.807, 2.05) is 37.4 Å². The van der Waals surface area contributed by atoms with Crippen LogP contribution in [-0.2, 0) is 0 Å². The highest BCUT2D eigenvalue weighted by Crippen LogP contribution is 2.32. The molecule has 1 atom stereocenters. The number of methoxy groups -OCH3 is 1. The average Bonchev–Trinajstić information content (AvgIpc) is 2.51. The van der Waals surface area contributed by atoms with Gasteiger partial charge < -0.3 is 15.4 Å². The van der Waals surface area contributed by atoms with Crippen molar-refractivity contribution < 1.29 is 4.74 Å². The molecule has 5 heteroatoms. The van der Waals surface area contributed by atoms with Gasteiger partial charge in [-0.2, -0.15) is 0 Å². The van der Waals surface area contributed by atoms with E-state index < -0.39 is 0 Å². The Balaban J connectivity index is 2.33. The molecule has 0 saturated heterocycles. The van der Waals surface area contributed by atoms with Crippen LogP contribution in [-0.4, -0.2) is 20.7 Å². The number of anilines is 1. The molecule has 0 heterocycles. The van der Waals surface area contributed by atoms with Crippen molar-refractivity contribution in [3.05, 3.63) is 58.1 Å². The van der Waals surface area contributed by atoms with Gasteiger partial charge in [-0.15, -0.1) is 0 Å². The van der Waals surface area contributed by atoms with Gasteiger partial charge in [0.25, 0.3) is 0 Å². The first-order valence-corrected chi connectivity index (χ1v) is 7.34. The van der Waals surface area contributed by atoms with E-state index in [9.17, 15) is 0 Å². The van der Waals surface area contributed by atoms with Crippen molar-refractivity contribution in [3.8, 4) is 5.75 Å². The van der Waals surface area contributed by atoms with Crippen molar-refractivity contribution in [2.24, 2.45) is 5.73 Å². The second-order valence-electron chi connectivity index (χ2n) is 4.73. The molecule has 2 N–H and O–H groups in total. The van der Waals surface area contributed by atoms with E-state index in [-0.39, 0.29) is 6.04 Å². The minimum absolute atomic E-state index is 0.0513. The highest BCUT2D eigenvalue weighted by molar-refractivity contribution is 6.33. The molecule has 0 spiro atoms. The topological polar surface area (TPSA) is 38.5 Å². The van der Waals surface area contributed by atoms with Gasteiger partial charge in [0.05, 0.1) is 13.2 Å². The van der Waals surface area contributed by atoms with Crippen molar-refractivity contribution in [1.82, 2.24) is 0 Å². The van der Waals surface area contributed by atoms with Crippen LogP contribution in [0.15, 0.2) is 42.5 Å². The summed E-state index contributed by atoms with van der Waals surface area (Å²) in [6.07, 6.45) is 0. The number of halogens is 2. The quantitative estimate of drug-likeness (QED) is 0.898. The summed E-state index contributed by atoms with van der Waals surface area (Å²) in [5.41, 5.74) is 7.90. The van der Waals surface area contributed by atoms with Gasteiger partial charge in [-0.1, -0.05) is 23.2 Å². The molecule has 0 fully saturated rings. The summed E-state index contributed by atoms with van der Waals surface area (Å²) in [4.78, 5) is 2.08. The number of ether oxygens (including phenoxy) is 1. The first-order chi connectivity index (χ1) is 10.1. The number of nitrogens with two attached hydrogens (primary N) is 1. The van der Waals surface area contributed by atoms with Crippen LogP contribution in [0.4, 0.5) is 5.69 Å². The van der Waals surface area contributed by atoms with Crippen LogP contribution in [0.1, 0.15) is 11.6 Å². The zero-order valence-electron chi connectivity index (χ0n) is 12.0. The van der Waals surface area contributed by atoms with Crippen molar-refractivity contribution >= 4 is 28.9 Å². The molecule has 112 valence electrons. The van der Waals surface area contributed by atoms with Gasteiger partial charge in [0, 0.05) is 29.3 Å². The maximum atomic E-state index is 6.29. The van der Waals surface area contributed by atoms with E-state index in [0.717, 1.165) is 17.0 Å². The van der Waals surface area contributed by atoms with Crippen LogP contribution in [0, 0.1) is 0 Å². The summed E-state index contributed by atoms with van der Waals surface area (Å²) in [6.45, 7) is 0.433. The summed E-state index contributed by atoms with van der Waals surface area (Å²) in [5, 5.41) is 1.31. The predicted octanol–water partition coefficient (Wildman–Crippen LogP) is 4.14. The van der Waals surface area contributed by atoms with E-state index >= 15 is 0 Å². The third-order valence-electron chi connectivity index (χ3n) is 3.49. The fraction of sp³-hybridized carbons (Fsp3) is 0.250. The molecule has 2 aromatic rings. The lowest BCUT2D eigenvalue weighted by atomic mass is 10.0. The number of likely N-dealkylation sites (N-methyl/N-ethyl adjacent to an activating group) is 1. The van der Waals surface area contributed by atoms with Crippen molar-refractivity contribution in [1.29, 1.82) is 0 Å². The van der Waals surface area contributed by atoms with Crippen molar-refractivity contribution in [2.75, 3.05) is 25.6 Å². The number of rotatable bonds is 5. The summed E-state index contributed by atoms with van der Waals surface area (Å²) in [6, 6.07) is 13.2. The molecular formula is C16H18Cl2N2O. The van der Waals surface area contributed by atoms with Crippen molar-refractivity contribution in [2.45, 2.75) is 6.04 Å². The summed E-state index contributed by atoms with van der Waals surface area (Å²) in [7, 11) is 3.63. The van der Waals surface area contributed by atoms with Crippen LogP contribution in [0.3, 0.4) is 0 Å². The Kier molecular flexibility index (Phi) is 5.34. The number of benzene rings is 2. The molecule has 0 aliphatic heterocycles. The third kappa shape index (κ3) is 3.62. The summed E-state index contributed by atoms with van der Waals surface area (Å²) >= 11 is 12.4. The molecule has 2 rings (SSSR count). The number of hydrogen-bond donors (Lipinski definition) is 1. The molecule has 0 bridgehead atoms. The largest absolute Gasteiger partial charge is 0.497 e. The minimum atomic E-state index is -0.0513. The second-order valence-corrected chi connectivity index (χ2v) is 5.57. The normalized spacial score (nSPS) is 12.0. The van der Waals surface area contributed by atoms with Gasteiger partial charge >= 0.3 is 0 Å². The fourth-order valence-electron chi connectivity index (χ4n) is 2.26. The zero-order valence-corrected chi connectivity index (χ0v) is 13.5. The van der Waals surface area contributed by atoms with Crippen LogP contribution in [0.2, 0.25) is 10.0 Å². The lowest BCUT2D eigenvalue weighted by Crippen LogP contribution is -2.30. The first kappa shape index (κ1) is 16.0. The second kappa shape index (κ2) is 7.03. The Morgan fingerprint density at radius 1 is 1.14 bits per heavy atom. The minimum Gasteiger partial charge on any atom is -0.497 e. The first-order valence-electron chi connectivity index (χ1n) is 6.58. The SMILES string of the molecule is COc1ccc(N(C)C(CN)c2cc(Cl)ccc2Cl)cc1. The summed E-state index contributed by atoms with van der Waals surface area (Å²) < 4.78 is 5.17. The number of hydrogen-bond acceptors (Lipinski definition) is 3. The molecule has 0 aliphatic rings. The molecule has 0 saturated carbocycles. The molecule has 0 radical (unpaired) electrons. The van der Waals surface area contributed by atoms with Gasteiger partial charge in [-0.25, -0.2) is 0 Å². The van der Waals surface area contributed by atoms with E-state index in [1.165, 1.54) is 0 Å². The Bertz CT molecular complexity index is 602. The van der Waals surface area contributed by atoms with Crippen LogP contribution < -0.4 is 15.4 Å². The molecule has 2 aromatic carbocycles. The predicted molar refractivity (Wildman–Crippen MR) is 89.7 cm³/mol. The Morgan fingerprint density at radius 2 is 1.81 bits per heavy atom. The third-order valence-corrected chi connectivity index (χ3v) is 4.07. The van der Waals surface area contributed by atoms with Crippen LogP contribution >= 0.6 is 23.2 Å². The van der Waals surface area contributed by atoms with Crippen LogP contribution in [0.25, 0.3) is 0 Å². The fourth-order valence-corrected chi connectivity index (χ4v) is 2.69. The van der Waals surface area contributed by atoms with Gasteiger partial charge in [0.1, 0.15) is 5.75 Å². The van der Waals surface area contributed by atoms with Crippen LogP contribution in [0.5, 0.6) is 5.75 Å². The Labute approximate surface area is 135 Å². The van der Waals surface area contributed by atoms with E-state index in [1.54, 1.807) is 19.2 Å². The molecular weight excluding hydrogens is 307 g/mol. The smallest absolute Gasteiger partial charge is 0.119 e. The maximum absolute atomic E-state index is 6.29. The highest BCUT2D eigenvalue weighted by atomic mass is 35.5. The molecule has 3 nitrogen and oxygen atoms in total.